The van der Waals surface area contributed by atoms with Crippen molar-refractivity contribution >= 4 is 12.0 Å². The van der Waals surface area contributed by atoms with Crippen LogP contribution in [-0.2, 0) is 9.53 Å². The highest BCUT2D eigenvalue weighted by Crippen LogP contribution is 2.28. The van der Waals surface area contributed by atoms with Gasteiger partial charge < -0.3 is 4.74 Å². The molecule has 0 unspecified atom stereocenters. The molecule has 17 heavy (non-hydrogen) atoms. The maximum Gasteiger partial charge on any atom is 0.331 e. The van der Waals surface area contributed by atoms with Gasteiger partial charge in [0.15, 0.2) is 6.10 Å². The van der Waals surface area contributed by atoms with Crippen LogP contribution in [0.2, 0.25) is 0 Å². The molecule has 0 saturated carbocycles. The van der Waals surface area contributed by atoms with Gasteiger partial charge in [-0.25, -0.2) is 4.79 Å². The highest BCUT2D eigenvalue weighted by molar-refractivity contribution is 5.83. The summed E-state index contributed by atoms with van der Waals surface area (Å²) >= 11 is 0. The quantitative estimate of drug-likeness (QED) is 0.738. The van der Waals surface area contributed by atoms with Gasteiger partial charge in [-0.1, -0.05) is 36.4 Å². The molecule has 0 fully saturated rings. The second-order valence-corrected chi connectivity index (χ2v) is 3.64. The lowest BCUT2D eigenvalue weighted by atomic mass is 10.1. The minimum absolute atomic E-state index is 0.568. The number of ether oxygens (including phenoxy) is 1. The second-order valence-electron chi connectivity index (χ2n) is 3.64. The van der Waals surface area contributed by atoms with Crippen LogP contribution in [0.1, 0.15) is 5.56 Å². The number of esters is 1. The summed E-state index contributed by atoms with van der Waals surface area (Å²) in [5.74, 6) is -3.90. The number of carbonyl (C=O) groups is 1. The van der Waals surface area contributed by atoms with E-state index in [0.29, 0.717) is 6.08 Å². The summed E-state index contributed by atoms with van der Waals surface area (Å²) in [6, 6.07) is 8.97. The van der Waals surface area contributed by atoms with Crippen molar-refractivity contribution in [3.8, 4) is 0 Å². The van der Waals surface area contributed by atoms with Crippen LogP contribution in [0.5, 0.6) is 0 Å². The number of alkyl halides is 2. The van der Waals surface area contributed by atoms with Crippen molar-refractivity contribution in [3.63, 3.8) is 0 Å². The second kappa shape index (κ2) is 4.49. The Labute approximate surface area is 97.2 Å². The summed E-state index contributed by atoms with van der Waals surface area (Å²) in [5.41, 5.74) is 0.772. The Morgan fingerprint density at radius 2 is 1.94 bits per heavy atom. The molecule has 0 spiro atoms. The molecule has 0 amide bonds. The first-order valence-corrected chi connectivity index (χ1v) is 5.09. The van der Waals surface area contributed by atoms with Crippen molar-refractivity contribution < 1.29 is 18.3 Å². The van der Waals surface area contributed by atoms with Crippen molar-refractivity contribution in [2.45, 2.75) is 12.0 Å². The maximum absolute atomic E-state index is 13.3. The van der Waals surface area contributed by atoms with Gasteiger partial charge in [-0.3, -0.25) is 0 Å². The molecule has 88 valence electrons. The lowest BCUT2D eigenvalue weighted by Gasteiger charge is -2.24. The summed E-state index contributed by atoms with van der Waals surface area (Å²) < 4.78 is 31.2. The molecule has 1 atom stereocenters. The molecule has 0 bridgehead atoms. The van der Waals surface area contributed by atoms with E-state index in [4.69, 9.17) is 0 Å². The van der Waals surface area contributed by atoms with Gasteiger partial charge >= 0.3 is 11.9 Å². The lowest BCUT2D eigenvalue weighted by Crippen LogP contribution is -2.37. The fraction of sp³-hybridized carbons (Fsp3) is 0.154. The van der Waals surface area contributed by atoms with E-state index in [2.05, 4.69) is 4.74 Å². The molecule has 2 nitrogen and oxygen atoms in total. The van der Waals surface area contributed by atoms with Crippen molar-refractivity contribution in [3.05, 3.63) is 54.1 Å². The third kappa shape index (κ3) is 2.78. The Hall–Kier alpha value is -1.97. The third-order valence-corrected chi connectivity index (χ3v) is 2.33. The number of carbonyl (C=O) groups excluding carboxylic acids is 1. The molecule has 1 heterocycles. The van der Waals surface area contributed by atoms with E-state index < -0.39 is 18.0 Å². The molecule has 0 saturated heterocycles. The van der Waals surface area contributed by atoms with Crippen LogP contribution in [0, 0.1) is 0 Å². The van der Waals surface area contributed by atoms with Crippen molar-refractivity contribution in [2.75, 3.05) is 0 Å². The molecule has 1 aromatic rings. The van der Waals surface area contributed by atoms with E-state index in [1.54, 1.807) is 24.3 Å². The number of hydrogen-bond donors (Lipinski definition) is 0. The van der Waals surface area contributed by atoms with E-state index in [9.17, 15) is 13.6 Å². The molecule has 0 radical (unpaired) electrons. The van der Waals surface area contributed by atoms with Crippen LogP contribution in [0.25, 0.3) is 6.08 Å². The van der Waals surface area contributed by atoms with E-state index >= 15 is 0 Å². The van der Waals surface area contributed by atoms with Gasteiger partial charge in [-0.15, -0.1) is 0 Å². The third-order valence-electron chi connectivity index (χ3n) is 2.33. The van der Waals surface area contributed by atoms with Gasteiger partial charge in [0.25, 0.3) is 0 Å². The summed E-state index contributed by atoms with van der Waals surface area (Å²) in [7, 11) is 0. The van der Waals surface area contributed by atoms with E-state index in [-0.39, 0.29) is 0 Å². The zero-order chi connectivity index (χ0) is 12.3. The van der Waals surface area contributed by atoms with Crippen LogP contribution >= 0.6 is 0 Å². The summed E-state index contributed by atoms with van der Waals surface area (Å²) in [5, 5.41) is 0. The Balaban J connectivity index is 2.16. The van der Waals surface area contributed by atoms with Crippen LogP contribution in [0.4, 0.5) is 8.78 Å². The van der Waals surface area contributed by atoms with Gasteiger partial charge in [-0.2, -0.15) is 8.78 Å². The Bertz CT molecular complexity index is 464. The van der Waals surface area contributed by atoms with Crippen LogP contribution < -0.4 is 0 Å². The average Bonchev–Trinajstić information content (AvgIpc) is 2.32. The number of cyclic esters (lactones) is 1. The SMILES string of the molecule is O=C1C=CC(F)(F)[C@H](/C=C/c2ccccc2)O1. The fourth-order valence-corrected chi connectivity index (χ4v) is 1.45. The Morgan fingerprint density at radius 1 is 1.24 bits per heavy atom. The van der Waals surface area contributed by atoms with Crippen LogP contribution in [-0.4, -0.2) is 18.0 Å². The fourth-order valence-electron chi connectivity index (χ4n) is 1.45. The van der Waals surface area contributed by atoms with Crippen LogP contribution in [0.3, 0.4) is 0 Å². The van der Waals surface area contributed by atoms with E-state index in [1.165, 1.54) is 12.2 Å². The van der Waals surface area contributed by atoms with Crippen molar-refractivity contribution in [1.82, 2.24) is 0 Å². The first-order valence-electron chi connectivity index (χ1n) is 5.09. The summed E-state index contributed by atoms with van der Waals surface area (Å²) in [6.45, 7) is 0. The molecule has 1 aliphatic rings. The number of halogens is 2. The monoisotopic (exact) mass is 236 g/mol. The number of rotatable bonds is 2. The lowest BCUT2D eigenvalue weighted by molar-refractivity contribution is -0.157. The van der Waals surface area contributed by atoms with Crippen molar-refractivity contribution in [2.24, 2.45) is 0 Å². The highest BCUT2D eigenvalue weighted by atomic mass is 19.3. The molecular formula is C13H10F2O2. The molecule has 1 aliphatic heterocycles. The minimum Gasteiger partial charge on any atom is -0.448 e. The summed E-state index contributed by atoms with van der Waals surface area (Å²) in [6.07, 6.45) is 2.47. The average molecular weight is 236 g/mol. The standard InChI is InChI=1S/C13H10F2O2/c14-13(15)9-8-12(16)17-11(13)7-6-10-4-2-1-3-5-10/h1-9,11H/b7-6+/t11-/m0/s1. The Kier molecular flexibility index (Phi) is 3.04. The maximum atomic E-state index is 13.3. The van der Waals surface area contributed by atoms with Crippen LogP contribution in [0.15, 0.2) is 48.6 Å². The van der Waals surface area contributed by atoms with Gasteiger partial charge in [0.1, 0.15) is 0 Å². The molecular weight excluding hydrogens is 226 g/mol. The molecule has 2 rings (SSSR count). The zero-order valence-electron chi connectivity index (χ0n) is 8.85. The van der Waals surface area contributed by atoms with Gasteiger partial charge in [0, 0.05) is 6.08 Å². The Morgan fingerprint density at radius 3 is 2.65 bits per heavy atom. The summed E-state index contributed by atoms with van der Waals surface area (Å²) in [4.78, 5) is 10.9. The van der Waals surface area contributed by atoms with E-state index in [0.717, 1.165) is 11.6 Å². The minimum atomic E-state index is -3.15. The molecule has 0 N–H and O–H groups in total. The predicted molar refractivity (Wildman–Crippen MR) is 59.4 cm³/mol. The number of hydrogen-bond acceptors (Lipinski definition) is 2. The smallest absolute Gasteiger partial charge is 0.331 e. The predicted octanol–water partition coefficient (Wildman–Crippen LogP) is 2.82. The molecule has 1 aromatic carbocycles. The number of benzene rings is 1. The highest BCUT2D eigenvalue weighted by Gasteiger charge is 2.41. The van der Waals surface area contributed by atoms with Gasteiger partial charge in [0.2, 0.25) is 0 Å². The first kappa shape index (κ1) is 11.5. The van der Waals surface area contributed by atoms with Gasteiger partial charge in [-0.05, 0) is 17.7 Å². The first-order chi connectivity index (χ1) is 8.08. The molecule has 4 heteroatoms. The topological polar surface area (TPSA) is 26.3 Å². The largest absolute Gasteiger partial charge is 0.448 e. The van der Waals surface area contributed by atoms with E-state index in [1.807, 2.05) is 6.07 Å². The molecule has 0 aliphatic carbocycles. The van der Waals surface area contributed by atoms with Gasteiger partial charge in [0.05, 0.1) is 0 Å². The van der Waals surface area contributed by atoms with Crippen molar-refractivity contribution in [1.29, 1.82) is 0 Å². The normalized spacial score (nSPS) is 22.7. The zero-order valence-corrected chi connectivity index (χ0v) is 8.85. The molecule has 0 aromatic heterocycles.